The van der Waals surface area contributed by atoms with Crippen molar-refractivity contribution in [3.8, 4) is 0 Å². The van der Waals surface area contributed by atoms with E-state index in [1.54, 1.807) is 25.1 Å². The number of nitrogens with zero attached hydrogens (tertiary/aromatic N) is 3. The number of hydrogen-bond acceptors (Lipinski definition) is 5. The molecule has 2 rings (SSSR count). The zero-order chi connectivity index (χ0) is 14.7. The molecule has 1 aliphatic heterocycles. The van der Waals surface area contributed by atoms with Crippen LogP contribution in [-0.4, -0.2) is 46.3 Å². The van der Waals surface area contributed by atoms with E-state index in [1.807, 2.05) is 0 Å². The predicted octanol–water partition coefficient (Wildman–Crippen LogP) is 0.418. The minimum atomic E-state index is -0.176. The van der Waals surface area contributed by atoms with Crippen molar-refractivity contribution in [1.82, 2.24) is 14.7 Å². The molecule has 0 unspecified atom stereocenters. The number of aromatic nitrogens is 2. The third kappa shape index (κ3) is 2.92. The first kappa shape index (κ1) is 14.4. The fourth-order valence-electron chi connectivity index (χ4n) is 2.40. The fourth-order valence-corrected chi connectivity index (χ4v) is 2.40. The number of likely N-dealkylation sites (tertiary alicyclic amines) is 1. The Kier molecular flexibility index (Phi) is 4.26. The van der Waals surface area contributed by atoms with E-state index < -0.39 is 0 Å². The average molecular weight is 280 g/mol. The van der Waals surface area contributed by atoms with Gasteiger partial charge < -0.3 is 15.4 Å². The Balaban J connectivity index is 1.95. The SMILES string of the molecule is CCOC(=O)C1CCN(C(=O)c2nn(C)cc2N)CC1. The number of nitrogens with two attached hydrogens (primary N) is 1. The summed E-state index contributed by atoms with van der Waals surface area (Å²) in [6.07, 6.45) is 2.85. The normalized spacial score (nSPS) is 16.2. The molecular weight excluding hydrogens is 260 g/mol. The summed E-state index contributed by atoms with van der Waals surface area (Å²) in [5.74, 6) is -0.456. The average Bonchev–Trinajstić information content (AvgIpc) is 2.77. The maximum absolute atomic E-state index is 12.3. The first-order valence-corrected chi connectivity index (χ1v) is 6.78. The minimum Gasteiger partial charge on any atom is -0.466 e. The van der Waals surface area contributed by atoms with Crippen molar-refractivity contribution < 1.29 is 14.3 Å². The number of rotatable bonds is 3. The lowest BCUT2D eigenvalue weighted by Gasteiger charge is -2.30. The molecule has 1 aromatic heterocycles. The van der Waals surface area contributed by atoms with Gasteiger partial charge in [-0.3, -0.25) is 14.3 Å². The summed E-state index contributed by atoms with van der Waals surface area (Å²) in [4.78, 5) is 25.6. The number of carbonyl (C=O) groups excluding carboxylic acids is 2. The molecule has 0 aliphatic carbocycles. The Morgan fingerprint density at radius 1 is 1.45 bits per heavy atom. The van der Waals surface area contributed by atoms with Gasteiger partial charge in [-0.25, -0.2) is 0 Å². The summed E-state index contributed by atoms with van der Waals surface area (Å²) in [7, 11) is 1.72. The van der Waals surface area contributed by atoms with Crippen molar-refractivity contribution in [3.63, 3.8) is 0 Å². The van der Waals surface area contributed by atoms with E-state index in [-0.39, 0.29) is 23.5 Å². The molecule has 7 heteroatoms. The molecule has 1 aliphatic rings. The third-order valence-corrected chi connectivity index (χ3v) is 3.46. The Morgan fingerprint density at radius 2 is 2.10 bits per heavy atom. The molecule has 0 bridgehead atoms. The quantitative estimate of drug-likeness (QED) is 0.810. The zero-order valence-corrected chi connectivity index (χ0v) is 11.8. The van der Waals surface area contributed by atoms with Crippen LogP contribution in [0, 0.1) is 5.92 Å². The number of carbonyl (C=O) groups is 2. The van der Waals surface area contributed by atoms with Crippen LogP contribution in [0.15, 0.2) is 6.20 Å². The smallest absolute Gasteiger partial charge is 0.309 e. The van der Waals surface area contributed by atoms with E-state index in [0.717, 1.165) is 0 Å². The molecule has 20 heavy (non-hydrogen) atoms. The van der Waals surface area contributed by atoms with Crippen LogP contribution in [-0.2, 0) is 16.6 Å². The Bertz CT molecular complexity index is 504. The van der Waals surface area contributed by atoms with Gasteiger partial charge in [-0.15, -0.1) is 0 Å². The molecule has 1 saturated heterocycles. The van der Waals surface area contributed by atoms with Crippen molar-refractivity contribution in [2.75, 3.05) is 25.4 Å². The summed E-state index contributed by atoms with van der Waals surface area (Å²) in [5.41, 5.74) is 6.42. The molecule has 0 saturated carbocycles. The monoisotopic (exact) mass is 280 g/mol. The summed E-state index contributed by atoms with van der Waals surface area (Å²) >= 11 is 0. The molecule has 110 valence electrons. The van der Waals surface area contributed by atoms with Crippen LogP contribution < -0.4 is 5.73 Å². The molecule has 0 radical (unpaired) electrons. The number of anilines is 1. The summed E-state index contributed by atoms with van der Waals surface area (Å²) in [6.45, 7) is 3.24. The van der Waals surface area contributed by atoms with Gasteiger partial charge in [0.25, 0.3) is 5.91 Å². The molecule has 2 N–H and O–H groups in total. The van der Waals surface area contributed by atoms with Crippen LogP contribution in [0.4, 0.5) is 5.69 Å². The highest BCUT2D eigenvalue weighted by Crippen LogP contribution is 2.21. The van der Waals surface area contributed by atoms with Gasteiger partial charge in [0.05, 0.1) is 18.2 Å². The van der Waals surface area contributed by atoms with Gasteiger partial charge in [-0.1, -0.05) is 0 Å². The van der Waals surface area contributed by atoms with Gasteiger partial charge in [0.2, 0.25) is 0 Å². The third-order valence-electron chi connectivity index (χ3n) is 3.46. The van der Waals surface area contributed by atoms with E-state index in [4.69, 9.17) is 10.5 Å². The number of hydrogen-bond donors (Lipinski definition) is 1. The van der Waals surface area contributed by atoms with Gasteiger partial charge in [0.15, 0.2) is 5.69 Å². The van der Waals surface area contributed by atoms with Crippen LogP contribution in [0.2, 0.25) is 0 Å². The lowest BCUT2D eigenvalue weighted by molar-refractivity contribution is -0.149. The van der Waals surface area contributed by atoms with Crippen molar-refractivity contribution in [2.24, 2.45) is 13.0 Å². The second-order valence-electron chi connectivity index (χ2n) is 4.93. The van der Waals surface area contributed by atoms with Crippen LogP contribution in [0.5, 0.6) is 0 Å². The molecule has 2 heterocycles. The predicted molar refractivity (Wildman–Crippen MR) is 72.9 cm³/mol. The summed E-state index contributed by atoms with van der Waals surface area (Å²) in [6, 6.07) is 0. The molecule has 7 nitrogen and oxygen atoms in total. The summed E-state index contributed by atoms with van der Waals surface area (Å²) in [5, 5.41) is 4.08. The van der Waals surface area contributed by atoms with Gasteiger partial charge in [0.1, 0.15) is 0 Å². The fraction of sp³-hybridized carbons (Fsp3) is 0.615. The van der Waals surface area contributed by atoms with Gasteiger partial charge >= 0.3 is 5.97 Å². The molecular formula is C13H20N4O3. The second-order valence-corrected chi connectivity index (χ2v) is 4.93. The van der Waals surface area contributed by atoms with Crippen molar-refractivity contribution in [2.45, 2.75) is 19.8 Å². The van der Waals surface area contributed by atoms with Crippen LogP contribution in [0.25, 0.3) is 0 Å². The molecule has 1 fully saturated rings. The summed E-state index contributed by atoms with van der Waals surface area (Å²) < 4.78 is 6.53. The number of esters is 1. The first-order valence-electron chi connectivity index (χ1n) is 6.78. The number of ether oxygens (including phenoxy) is 1. The van der Waals surface area contributed by atoms with Crippen LogP contribution >= 0.6 is 0 Å². The highest BCUT2D eigenvalue weighted by molar-refractivity contribution is 5.97. The van der Waals surface area contributed by atoms with E-state index in [2.05, 4.69) is 5.10 Å². The van der Waals surface area contributed by atoms with Crippen LogP contribution in [0.3, 0.4) is 0 Å². The lowest BCUT2D eigenvalue weighted by atomic mass is 9.97. The molecule has 0 atom stereocenters. The maximum Gasteiger partial charge on any atom is 0.309 e. The molecule has 0 aromatic carbocycles. The van der Waals surface area contributed by atoms with E-state index in [9.17, 15) is 9.59 Å². The molecule has 1 amide bonds. The Morgan fingerprint density at radius 3 is 2.60 bits per heavy atom. The van der Waals surface area contributed by atoms with E-state index >= 15 is 0 Å². The van der Waals surface area contributed by atoms with Gasteiger partial charge in [0, 0.05) is 26.3 Å². The second kappa shape index (κ2) is 5.94. The van der Waals surface area contributed by atoms with E-state index in [1.165, 1.54) is 4.68 Å². The van der Waals surface area contributed by atoms with Gasteiger partial charge in [-0.05, 0) is 19.8 Å². The number of amides is 1. The lowest BCUT2D eigenvalue weighted by Crippen LogP contribution is -2.41. The van der Waals surface area contributed by atoms with Gasteiger partial charge in [-0.2, -0.15) is 5.10 Å². The number of nitrogen functional groups attached to an aromatic ring is 1. The minimum absolute atomic E-state index is 0.111. The highest BCUT2D eigenvalue weighted by Gasteiger charge is 2.30. The van der Waals surface area contributed by atoms with Crippen molar-refractivity contribution >= 4 is 17.6 Å². The van der Waals surface area contributed by atoms with Crippen molar-refractivity contribution in [3.05, 3.63) is 11.9 Å². The largest absolute Gasteiger partial charge is 0.466 e. The molecule has 0 spiro atoms. The standard InChI is InChI=1S/C13H20N4O3/c1-3-20-13(19)9-4-6-17(7-5-9)12(18)11-10(14)8-16(2)15-11/h8-9H,3-7,14H2,1-2H3. The topological polar surface area (TPSA) is 90.5 Å². The van der Waals surface area contributed by atoms with Crippen LogP contribution in [0.1, 0.15) is 30.3 Å². The van der Waals surface area contributed by atoms with E-state index in [0.29, 0.717) is 38.2 Å². The first-order chi connectivity index (χ1) is 9.52. The maximum atomic E-state index is 12.3. The number of piperidine rings is 1. The van der Waals surface area contributed by atoms with Crippen molar-refractivity contribution in [1.29, 1.82) is 0 Å². The Labute approximate surface area is 117 Å². The zero-order valence-electron chi connectivity index (χ0n) is 11.8. The molecule has 1 aromatic rings. The highest BCUT2D eigenvalue weighted by atomic mass is 16.5. The Hall–Kier alpha value is -2.05. The number of aryl methyl sites for hydroxylation is 1.